The van der Waals surface area contributed by atoms with E-state index in [0.717, 1.165) is 0 Å². The number of nitrogens with one attached hydrogen (secondary N) is 1. The molecule has 9 nitrogen and oxygen atoms in total. The fourth-order valence-electron chi connectivity index (χ4n) is 2.29. The maximum absolute atomic E-state index is 11.4. The second kappa shape index (κ2) is 11.8. The second-order valence-electron chi connectivity index (χ2n) is 5.11. The number of esters is 2. The molecule has 1 N–H and O–H groups in total. The van der Waals surface area contributed by atoms with Gasteiger partial charge in [-0.05, 0) is 0 Å². The van der Waals surface area contributed by atoms with Gasteiger partial charge in [0.05, 0.1) is 12.6 Å². The summed E-state index contributed by atoms with van der Waals surface area (Å²) in [4.78, 5) is 33.8. The number of carbonyl (C=O) groups excluding carboxylic acids is 3. The highest BCUT2D eigenvalue weighted by Crippen LogP contribution is 2.16. The second-order valence-corrected chi connectivity index (χ2v) is 5.11. The summed E-state index contributed by atoms with van der Waals surface area (Å²) >= 11 is 0. The number of amides is 1. The quantitative estimate of drug-likeness (QED) is 0.505. The first-order chi connectivity index (χ1) is 11.3. The molecule has 0 saturated carbocycles. The van der Waals surface area contributed by atoms with E-state index in [-0.39, 0.29) is 19.1 Å². The van der Waals surface area contributed by atoms with Crippen molar-refractivity contribution in [2.75, 3.05) is 34.5 Å². The van der Waals surface area contributed by atoms with Crippen molar-refractivity contribution in [2.45, 2.75) is 45.1 Å². The van der Waals surface area contributed by atoms with Crippen molar-refractivity contribution in [1.29, 1.82) is 0 Å². The summed E-state index contributed by atoms with van der Waals surface area (Å²) in [5, 5.41) is 2.65. The first-order valence-electron chi connectivity index (χ1n) is 7.38. The summed E-state index contributed by atoms with van der Waals surface area (Å²) in [6.45, 7) is 3.80. The van der Waals surface area contributed by atoms with E-state index in [2.05, 4.69) is 5.32 Å². The van der Waals surface area contributed by atoms with Crippen molar-refractivity contribution >= 4 is 17.8 Å². The first-order valence-corrected chi connectivity index (χ1v) is 7.38. The Bertz CT molecular complexity index is 414. The lowest BCUT2D eigenvalue weighted by atomic mass is 10.0. The molecule has 0 radical (unpaired) electrons. The average molecular weight is 349 g/mol. The smallest absolute Gasteiger partial charge is 0.303 e. The van der Waals surface area contributed by atoms with Gasteiger partial charge in [-0.2, -0.15) is 0 Å². The fraction of sp³-hybridized carbons (Fsp3) is 0.800. The van der Waals surface area contributed by atoms with Gasteiger partial charge in [0.2, 0.25) is 5.91 Å². The van der Waals surface area contributed by atoms with Gasteiger partial charge in [-0.25, -0.2) is 0 Å². The minimum absolute atomic E-state index is 0.0678. The third-order valence-electron chi connectivity index (χ3n) is 3.13. The zero-order valence-electron chi connectivity index (χ0n) is 15.0. The van der Waals surface area contributed by atoms with Crippen LogP contribution in [0.15, 0.2) is 0 Å². The van der Waals surface area contributed by atoms with E-state index in [4.69, 9.17) is 23.7 Å². The van der Waals surface area contributed by atoms with Crippen molar-refractivity contribution in [3.63, 3.8) is 0 Å². The van der Waals surface area contributed by atoms with Crippen LogP contribution >= 0.6 is 0 Å². The van der Waals surface area contributed by atoms with Gasteiger partial charge < -0.3 is 29.0 Å². The molecule has 9 heteroatoms. The summed E-state index contributed by atoms with van der Waals surface area (Å²) in [6.07, 6.45) is -2.28. The summed E-state index contributed by atoms with van der Waals surface area (Å²) in [5.74, 6) is -1.34. The van der Waals surface area contributed by atoms with Crippen LogP contribution in [0, 0.1) is 0 Å². The molecule has 140 valence electrons. The highest BCUT2D eigenvalue weighted by atomic mass is 16.6. The zero-order chi connectivity index (χ0) is 18.7. The van der Waals surface area contributed by atoms with Gasteiger partial charge in [-0.15, -0.1) is 0 Å². The molecule has 0 aliphatic carbocycles. The monoisotopic (exact) mass is 349 g/mol. The lowest BCUT2D eigenvalue weighted by Crippen LogP contribution is -2.56. The molecular weight excluding hydrogens is 322 g/mol. The minimum atomic E-state index is -0.768. The summed E-state index contributed by atoms with van der Waals surface area (Å²) in [7, 11) is 4.28. The van der Waals surface area contributed by atoms with Gasteiger partial charge >= 0.3 is 11.9 Å². The summed E-state index contributed by atoms with van der Waals surface area (Å²) in [6, 6.07) is -0.698. The van der Waals surface area contributed by atoms with Crippen LogP contribution in [0.1, 0.15) is 20.8 Å². The van der Waals surface area contributed by atoms with Crippen molar-refractivity contribution in [3.05, 3.63) is 0 Å². The highest BCUT2D eigenvalue weighted by Gasteiger charge is 2.38. The molecule has 4 atom stereocenters. The van der Waals surface area contributed by atoms with Crippen LogP contribution < -0.4 is 5.32 Å². The predicted octanol–water partition coefficient (Wildman–Crippen LogP) is -0.338. The molecule has 0 fully saturated rings. The molecule has 0 heterocycles. The van der Waals surface area contributed by atoms with Crippen LogP contribution in [0.25, 0.3) is 0 Å². The van der Waals surface area contributed by atoms with Gasteiger partial charge in [0.1, 0.15) is 18.8 Å². The van der Waals surface area contributed by atoms with E-state index in [1.165, 1.54) is 42.1 Å². The number of hydrogen-bond donors (Lipinski definition) is 1. The lowest BCUT2D eigenvalue weighted by Gasteiger charge is -2.35. The Hall–Kier alpha value is -1.71. The van der Waals surface area contributed by atoms with E-state index in [1.54, 1.807) is 0 Å². The predicted molar refractivity (Wildman–Crippen MR) is 83.3 cm³/mol. The third-order valence-corrected chi connectivity index (χ3v) is 3.13. The number of carbonyl (C=O) groups is 3. The zero-order valence-corrected chi connectivity index (χ0v) is 15.0. The van der Waals surface area contributed by atoms with E-state index >= 15 is 0 Å². The molecule has 0 unspecified atom stereocenters. The van der Waals surface area contributed by atoms with Crippen LogP contribution in [0.2, 0.25) is 0 Å². The Kier molecular flexibility index (Phi) is 10.9. The lowest BCUT2D eigenvalue weighted by molar-refractivity contribution is -0.172. The van der Waals surface area contributed by atoms with Crippen molar-refractivity contribution in [3.8, 4) is 0 Å². The van der Waals surface area contributed by atoms with Crippen molar-refractivity contribution in [1.82, 2.24) is 5.32 Å². The maximum atomic E-state index is 11.4. The van der Waals surface area contributed by atoms with Crippen molar-refractivity contribution in [2.24, 2.45) is 0 Å². The van der Waals surface area contributed by atoms with Crippen LogP contribution in [0.4, 0.5) is 0 Å². The molecule has 0 aromatic rings. The van der Waals surface area contributed by atoms with Crippen LogP contribution in [0.5, 0.6) is 0 Å². The Balaban J connectivity index is 5.39. The molecule has 0 aliphatic rings. The topological polar surface area (TPSA) is 109 Å². The van der Waals surface area contributed by atoms with Gasteiger partial charge in [0.15, 0.2) is 6.10 Å². The summed E-state index contributed by atoms with van der Waals surface area (Å²) < 4.78 is 26.1. The summed E-state index contributed by atoms with van der Waals surface area (Å²) in [5.41, 5.74) is 0. The van der Waals surface area contributed by atoms with E-state index in [1.807, 2.05) is 0 Å². The van der Waals surface area contributed by atoms with Gasteiger partial charge in [-0.3, -0.25) is 14.4 Å². The average Bonchev–Trinajstić information content (AvgIpc) is 2.47. The molecule has 0 aromatic heterocycles. The van der Waals surface area contributed by atoms with Crippen molar-refractivity contribution < 1.29 is 38.1 Å². The van der Waals surface area contributed by atoms with Gasteiger partial charge in [0, 0.05) is 42.1 Å². The van der Waals surface area contributed by atoms with Crippen LogP contribution in [-0.2, 0) is 38.1 Å². The highest BCUT2D eigenvalue weighted by molar-refractivity contribution is 5.73. The SMILES string of the molecule is COC[C@@H](OC(C)=O)[C@@H](OC)[C@H](OC)[C@@H](COC(C)=O)NC(C)=O. The minimum Gasteiger partial charge on any atom is -0.464 e. The normalized spacial score (nSPS) is 15.8. The third kappa shape index (κ3) is 8.23. The Morgan fingerprint density at radius 3 is 1.83 bits per heavy atom. The van der Waals surface area contributed by atoms with Crippen LogP contribution in [0.3, 0.4) is 0 Å². The van der Waals surface area contributed by atoms with E-state index in [9.17, 15) is 14.4 Å². The van der Waals surface area contributed by atoms with Gasteiger partial charge in [0.25, 0.3) is 0 Å². The molecule has 0 aliphatic heterocycles. The van der Waals surface area contributed by atoms with Gasteiger partial charge in [-0.1, -0.05) is 0 Å². The Morgan fingerprint density at radius 1 is 0.875 bits per heavy atom. The molecule has 0 rings (SSSR count). The number of ether oxygens (including phenoxy) is 5. The van der Waals surface area contributed by atoms with Crippen LogP contribution in [-0.4, -0.2) is 76.7 Å². The first kappa shape index (κ1) is 22.3. The largest absolute Gasteiger partial charge is 0.464 e. The number of rotatable bonds is 11. The fourth-order valence-corrected chi connectivity index (χ4v) is 2.29. The molecule has 0 saturated heterocycles. The molecule has 1 amide bonds. The van der Waals surface area contributed by atoms with E-state index in [0.29, 0.717) is 0 Å². The maximum Gasteiger partial charge on any atom is 0.303 e. The Morgan fingerprint density at radius 2 is 1.46 bits per heavy atom. The molecule has 24 heavy (non-hydrogen) atoms. The molecular formula is C15H27NO8. The number of methoxy groups -OCH3 is 3. The Labute approximate surface area is 141 Å². The molecule has 0 spiro atoms. The standard InChI is InChI=1S/C15H27NO8/c1-9(17)16-12(7-23-10(2)18)14(21-5)15(22-6)13(8-20-4)24-11(3)19/h12-15H,7-8H2,1-6H3,(H,16,17)/t12-,13-,14-,15-/m1/s1. The number of hydrogen-bond acceptors (Lipinski definition) is 8. The molecule has 0 aromatic carbocycles. The molecule has 0 bridgehead atoms. The van der Waals surface area contributed by atoms with E-state index < -0.39 is 36.3 Å².